The highest BCUT2D eigenvalue weighted by atomic mass is 32.1. The fraction of sp³-hybridized carbons (Fsp3) is 0.375. The number of nitrogens with zero attached hydrogens (tertiary/aromatic N) is 3. The molecule has 0 aliphatic heterocycles. The number of ether oxygens (including phenoxy) is 1. The summed E-state index contributed by atoms with van der Waals surface area (Å²) in [6.07, 6.45) is 6.09. The zero-order valence-electron chi connectivity index (χ0n) is 18.6. The molecule has 0 fully saturated rings. The average molecular weight is 514 g/mol. The molecule has 0 atom stereocenters. The second-order valence-electron chi connectivity index (χ2n) is 7.51. The minimum atomic E-state index is -2.94. The van der Waals surface area contributed by atoms with Gasteiger partial charge in [0.2, 0.25) is 0 Å². The van der Waals surface area contributed by atoms with Crippen LogP contribution in [0, 0.1) is 0 Å². The first-order valence-corrected chi connectivity index (χ1v) is 14.2. The number of hydrogen-bond acceptors (Lipinski definition) is 8. The summed E-state index contributed by atoms with van der Waals surface area (Å²) in [5, 5.41) is 17.1. The van der Waals surface area contributed by atoms with E-state index in [1.165, 1.54) is 19.3 Å². The van der Waals surface area contributed by atoms with Gasteiger partial charge in [-0.2, -0.15) is 0 Å². The molecular weight excluding hydrogens is 487 g/mol. The van der Waals surface area contributed by atoms with Crippen molar-refractivity contribution in [2.24, 2.45) is 14.0 Å². The highest BCUT2D eigenvalue weighted by molar-refractivity contribution is 7.78. The molecule has 172 valence electrons. The van der Waals surface area contributed by atoms with Crippen LogP contribution in [-0.2, 0) is 6.42 Å². The van der Waals surface area contributed by atoms with Gasteiger partial charge in [0.05, 0.1) is 22.1 Å². The predicted octanol–water partition coefficient (Wildman–Crippen LogP) is 7.20. The quantitative estimate of drug-likeness (QED) is 0.125. The van der Waals surface area contributed by atoms with Crippen LogP contribution in [0.1, 0.15) is 44.6 Å². The molecule has 2 aromatic rings. The molecule has 9 heteroatoms. The van der Waals surface area contributed by atoms with Crippen LogP contribution in [0.2, 0.25) is 6.04 Å². The Bertz CT molecular complexity index is 1010. The van der Waals surface area contributed by atoms with Crippen LogP contribution in [0.5, 0.6) is 11.5 Å². The molecular formula is C24H27N3O2S3Si. The van der Waals surface area contributed by atoms with Gasteiger partial charge < -0.3 is 9.84 Å². The summed E-state index contributed by atoms with van der Waals surface area (Å²) in [4.78, 5) is 0. The molecule has 1 N–H and O–H groups in total. The number of aryl methyl sites for hydroxylation is 1. The van der Waals surface area contributed by atoms with E-state index in [9.17, 15) is 5.11 Å². The number of phenolic OH excluding ortho intramolecular Hbond substituents is 1. The van der Waals surface area contributed by atoms with Gasteiger partial charge in [0, 0.05) is 6.04 Å². The molecule has 0 saturated carbocycles. The number of benzene rings is 2. The Hall–Kier alpha value is -2.34. The molecule has 2 aromatic carbocycles. The van der Waals surface area contributed by atoms with Crippen LogP contribution < -0.4 is 4.74 Å². The molecule has 5 nitrogen and oxygen atoms in total. The van der Waals surface area contributed by atoms with Gasteiger partial charge in [0.15, 0.2) is 0 Å². The summed E-state index contributed by atoms with van der Waals surface area (Å²) in [6, 6.07) is 14.0. The van der Waals surface area contributed by atoms with Crippen LogP contribution in [0.3, 0.4) is 0 Å². The molecule has 0 amide bonds. The van der Waals surface area contributed by atoms with Crippen molar-refractivity contribution in [3.05, 3.63) is 48.0 Å². The first-order valence-electron chi connectivity index (χ1n) is 10.9. The minimum absolute atomic E-state index is 0.218. The Kier molecular flexibility index (Phi) is 12.0. The maximum absolute atomic E-state index is 10.1. The van der Waals surface area contributed by atoms with Gasteiger partial charge >= 0.3 is 8.56 Å². The van der Waals surface area contributed by atoms with Gasteiger partial charge in [-0.3, -0.25) is 0 Å². The molecule has 0 aliphatic rings. The van der Waals surface area contributed by atoms with Gasteiger partial charge in [-0.15, -0.1) is 0 Å². The fourth-order valence-electron chi connectivity index (χ4n) is 3.50. The van der Waals surface area contributed by atoms with Gasteiger partial charge in [-0.1, -0.05) is 44.4 Å². The summed E-state index contributed by atoms with van der Waals surface area (Å²) < 4.78 is 18.3. The SMILES string of the molecule is CCCCCCOc1ccc(-c2ccc(O)cc2CCC[Si](N=C=S)(N=C=S)N=C=S)cc1. The summed E-state index contributed by atoms with van der Waals surface area (Å²) >= 11 is 14.3. The Morgan fingerprint density at radius 1 is 0.879 bits per heavy atom. The van der Waals surface area contributed by atoms with Gasteiger partial charge in [0.25, 0.3) is 0 Å². The molecule has 0 unspecified atom stereocenters. The Labute approximate surface area is 212 Å². The Morgan fingerprint density at radius 2 is 1.55 bits per heavy atom. The summed E-state index contributed by atoms with van der Waals surface area (Å²) in [7, 11) is -2.94. The normalized spacial score (nSPS) is 11.9. The first-order chi connectivity index (χ1) is 16.1. The monoisotopic (exact) mass is 513 g/mol. The van der Waals surface area contributed by atoms with Crippen molar-refractivity contribution in [2.75, 3.05) is 6.61 Å². The van der Waals surface area contributed by atoms with Crippen molar-refractivity contribution >= 4 is 60.7 Å². The first kappa shape index (κ1) is 26.9. The summed E-state index contributed by atoms with van der Waals surface area (Å²) in [5.74, 6) is 1.08. The Morgan fingerprint density at radius 3 is 2.15 bits per heavy atom. The Balaban J connectivity index is 2.13. The van der Waals surface area contributed by atoms with Crippen LogP contribution in [0.15, 0.2) is 56.4 Å². The standard InChI is InChI=1S/C24H27N3O2S3Si/c1-2-3-4-5-14-29-23-11-8-20(9-12-23)24-13-10-22(28)16-21(24)7-6-15-33(25-17-30,26-18-31)27-19-32/h8-13,16,28H,2-7,14-15H2,1H3. The van der Waals surface area contributed by atoms with Crippen molar-refractivity contribution in [3.8, 4) is 22.6 Å². The third-order valence-electron chi connectivity index (χ3n) is 5.15. The van der Waals surface area contributed by atoms with E-state index in [4.69, 9.17) is 41.4 Å². The van der Waals surface area contributed by atoms with E-state index in [0.29, 0.717) is 18.9 Å². The van der Waals surface area contributed by atoms with Crippen molar-refractivity contribution in [3.63, 3.8) is 0 Å². The predicted molar refractivity (Wildman–Crippen MR) is 147 cm³/mol. The number of isothiocyanates is 3. The number of thiocarbonyl (C=S) groups is 3. The lowest BCUT2D eigenvalue weighted by atomic mass is 9.96. The fourth-order valence-corrected chi connectivity index (χ4v) is 6.39. The van der Waals surface area contributed by atoms with E-state index < -0.39 is 8.56 Å². The second-order valence-corrected chi connectivity index (χ2v) is 10.8. The van der Waals surface area contributed by atoms with Crippen LogP contribution >= 0.6 is 36.7 Å². The van der Waals surface area contributed by atoms with Crippen LogP contribution in [0.25, 0.3) is 11.1 Å². The molecule has 33 heavy (non-hydrogen) atoms. The van der Waals surface area contributed by atoms with Crippen molar-refractivity contribution < 1.29 is 9.84 Å². The maximum atomic E-state index is 10.1. The van der Waals surface area contributed by atoms with Crippen molar-refractivity contribution in [2.45, 2.75) is 51.5 Å². The van der Waals surface area contributed by atoms with Crippen LogP contribution in [-0.4, -0.2) is 35.8 Å². The average Bonchev–Trinajstić information content (AvgIpc) is 2.80. The third kappa shape index (κ3) is 8.84. The molecule has 0 spiro atoms. The lowest BCUT2D eigenvalue weighted by molar-refractivity contribution is 0.305. The topological polar surface area (TPSA) is 66.5 Å². The number of unbranched alkanes of at least 4 members (excludes halogenated alkanes) is 3. The molecule has 0 saturated heterocycles. The van der Waals surface area contributed by atoms with E-state index >= 15 is 0 Å². The minimum Gasteiger partial charge on any atom is -0.508 e. The van der Waals surface area contributed by atoms with Crippen molar-refractivity contribution in [1.82, 2.24) is 0 Å². The third-order valence-corrected chi connectivity index (χ3v) is 8.35. The molecule has 0 bridgehead atoms. The van der Waals surface area contributed by atoms with Gasteiger partial charge in [-0.25, -0.2) is 14.0 Å². The molecule has 0 aromatic heterocycles. The zero-order valence-corrected chi connectivity index (χ0v) is 22.1. The van der Waals surface area contributed by atoms with E-state index in [1.807, 2.05) is 30.3 Å². The van der Waals surface area contributed by atoms with E-state index in [-0.39, 0.29) is 5.75 Å². The number of hydrogen-bond donors (Lipinski definition) is 1. The number of phenols is 1. The van der Waals surface area contributed by atoms with E-state index in [0.717, 1.165) is 35.5 Å². The van der Waals surface area contributed by atoms with Crippen molar-refractivity contribution in [1.29, 1.82) is 0 Å². The van der Waals surface area contributed by atoms with E-state index in [1.54, 1.807) is 12.1 Å². The smallest absolute Gasteiger partial charge is 0.461 e. The number of aromatic hydroxyl groups is 1. The zero-order chi connectivity index (χ0) is 23.9. The molecule has 0 heterocycles. The summed E-state index contributed by atoms with van der Waals surface area (Å²) in [5.41, 5.74) is 3.11. The van der Waals surface area contributed by atoms with Gasteiger partial charge in [0.1, 0.15) is 11.5 Å². The van der Waals surface area contributed by atoms with E-state index in [2.05, 4.69) is 36.4 Å². The highest BCUT2D eigenvalue weighted by Gasteiger charge is 2.33. The lowest BCUT2D eigenvalue weighted by Crippen LogP contribution is -2.27. The molecule has 0 aliphatic carbocycles. The lowest BCUT2D eigenvalue weighted by Gasteiger charge is -2.14. The van der Waals surface area contributed by atoms with Crippen LogP contribution in [0.4, 0.5) is 0 Å². The largest absolute Gasteiger partial charge is 0.508 e. The molecule has 2 rings (SSSR count). The van der Waals surface area contributed by atoms with Gasteiger partial charge in [-0.05, 0) is 96.9 Å². The number of rotatable bonds is 14. The summed E-state index contributed by atoms with van der Waals surface area (Å²) in [6.45, 7) is 2.93. The highest BCUT2D eigenvalue weighted by Crippen LogP contribution is 2.30. The maximum Gasteiger partial charge on any atom is 0.461 e. The second kappa shape index (κ2) is 14.7. The molecule has 0 radical (unpaired) electrons.